The molecule has 114 valence electrons. The molecule has 1 heterocycles. The van der Waals surface area contributed by atoms with Crippen molar-refractivity contribution in [1.29, 1.82) is 0 Å². The second-order valence-electron chi connectivity index (χ2n) is 5.85. The lowest BCUT2D eigenvalue weighted by Crippen LogP contribution is -2.36. The molecule has 2 unspecified atom stereocenters. The predicted octanol–water partition coefficient (Wildman–Crippen LogP) is 2.26. The molecule has 0 bridgehead atoms. The number of hydrogen-bond acceptors (Lipinski definition) is 2. The monoisotopic (exact) mass is 288 g/mol. The van der Waals surface area contributed by atoms with Gasteiger partial charge in [-0.15, -0.1) is 0 Å². The summed E-state index contributed by atoms with van der Waals surface area (Å²) in [5.41, 5.74) is 2.29. The first-order chi connectivity index (χ1) is 10.0. The highest BCUT2D eigenvalue weighted by molar-refractivity contribution is 5.89. The average Bonchev–Trinajstić information content (AvgIpc) is 2.87. The van der Waals surface area contributed by atoms with E-state index < -0.39 is 0 Å². The number of hydrogen-bond donors (Lipinski definition) is 1. The van der Waals surface area contributed by atoms with Gasteiger partial charge < -0.3 is 10.2 Å². The molecule has 2 amide bonds. The summed E-state index contributed by atoms with van der Waals surface area (Å²) < 4.78 is 0. The summed E-state index contributed by atoms with van der Waals surface area (Å²) in [5, 5.41) is 2.96. The van der Waals surface area contributed by atoms with Gasteiger partial charge in [-0.3, -0.25) is 9.59 Å². The topological polar surface area (TPSA) is 49.4 Å². The number of carbonyl (C=O) groups is 2. The van der Waals surface area contributed by atoms with Gasteiger partial charge in [0.05, 0.1) is 5.92 Å². The maximum atomic E-state index is 12.2. The highest BCUT2D eigenvalue weighted by Gasteiger charge is 2.35. The second-order valence-corrected chi connectivity index (χ2v) is 5.85. The quantitative estimate of drug-likeness (QED) is 0.903. The lowest BCUT2D eigenvalue weighted by atomic mass is 10.1. The van der Waals surface area contributed by atoms with E-state index in [1.54, 1.807) is 0 Å². The van der Waals surface area contributed by atoms with Gasteiger partial charge in [0.2, 0.25) is 11.8 Å². The SMILES string of the molecule is CCC(C)N1CC(C(=O)NCc2ccccc2C)CC1=O. The maximum Gasteiger partial charge on any atom is 0.225 e. The number of nitrogens with one attached hydrogen (secondary N) is 1. The Morgan fingerprint density at radius 1 is 1.43 bits per heavy atom. The van der Waals surface area contributed by atoms with E-state index in [0.717, 1.165) is 12.0 Å². The Bertz CT molecular complexity index is 527. The molecule has 1 aromatic carbocycles. The number of aryl methyl sites for hydroxylation is 1. The minimum absolute atomic E-state index is 0.0163. The van der Waals surface area contributed by atoms with Crippen LogP contribution in [-0.4, -0.2) is 29.3 Å². The van der Waals surface area contributed by atoms with Crippen LogP contribution in [0.5, 0.6) is 0 Å². The molecule has 1 N–H and O–H groups in total. The van der Waals surface area contributed by atoms with E-state index in [4.69, 9.17) is 0 Å². The van der Waals surface area contributed by atoms with Crippen molar-refractivity contribution in [2.75, 3.05) is 6.54 Å². The number of nitrogens with zero attached hydrogens (tertiary/aromatic N) is 1. The summed E-state index contributed by atoms with van der Waals surface area (Å²) in [6.45, 7) is 7.20. The summed E-state index contributed by atoms with van der Waals surface area (Å²) in [7, 11) is 0. The third-order valence-corrected chi connectivity index (χ3v) is 4.37. The van der Waals surface area contributed by atoms with Gasteiger partial charge in [0.25, 0.3) is 0 Å². The van der Waals surface area contributed by atoms with Crippen molar-refractivity contribution < 1.29 is 9.59 Å². The maximum absolute atomic E-state index is 12.2. The van der Waals surface area contributed by atoms with Crippen molar-refractivity contribution in [3.63, 3.8) is 0 Å². The largest absolute Gasteiger partial charge is 0.352 e. The van der Waals surface area contributed by atoms with Gasteiger partial charge in [-0.1, -0.05) is 31.2 Å². The summed E-state index contributed by atoms with van der Waals surface area (Å²) in [4.78, 5) is 26.0. The fraction of sp³-hybridized carbons (Fsp3) is 0.529. The fourth-order valence-electron chi connectivity index (χ4n) is 2.69. The van der Waals surface area contributed by atoms with Gasteiger partial charge in [0.15, 0.2) is 0 Å². The molecule has 0 aliphatic carbocycles. The molecule has 1 aliphatic heterocycles. The standard InChI is InChI=1S/C17H24N2O2/c1-4-13(3)19-11-15(9-16(19)20)17(21)18-10-14-8-6-5-7-12(14)2/h5-8,13,15H,4,9-11H2,1-3H3,(H,18,21). The summed E-state index contributed by atoms with van der Waals surface area (Å²) in [6.07, 6.45) is 1.26. The van der Waals surface area contributed by atoms with E-state index in [-0.39, 0.29) is 23.8 Å². The second kappa shape index (κ2) is 6.74. The number of rotatable bonds is 5. The molecular weight excluding hydrogens is 264 g/mol. The van der Waals surface area contributed by atoms with E-state index in [1.807, 2.05) is 43.0 Å². The van der Waals surface area contributed by atoms with Crippen LogP contribution >= 0.6 is 0 Å². The van der Waals surface area contributed by atoms with Gasteiger partial charge in [-0.25, -0.2) is 0 Å². The average molecular weight is 288 g/mol. The Labute approximate surface area is 126 Å². The Hall–Kier alpha value is -1.84. The Kier molecular flexibility index (Phi) is 4.99. The summed E-state index contributed by atoms with van der Waals surface area (Å²) in [6, 6.07) is 8.22. The van der Waals surface area contributed by atoms with Crippen LogP contribution in [0.2, 0.25) is 0 Å². The van der Waals surface area contributed by atoms with Crippen molar-refractivity contribution in [3.8, 4) is 0 Å². The third-order valence-electron chi connectivity index (χ3n) is 4.37. The van der Waals surface area contributed by atoms with Gasteiger partial charge in [-0.2, -0.15) is 0 Å². The number of likely N-dealkylation sites (tertiary alicyclic amines) is 1. The van der Waals surface area contributed by atoms with Gasteiger partial charge >= 0.3 is 0 Å². The fourth-order valence-corrected chi connectivity index (χ4v) is 2.69. The van der Waals surface area contributed by atoms with Crippen LogP contribution in [0, 0.1) is 12.8 Å². The molecule has 2 atom stereocenters. The first kappa shape index (κ1) is 15.5. The molecule has 1 aliphatic rings. The molecular formula is C17H24N2O2. The van der Waals surface area contributed by atoms with Gasteiger partial charge in [-0.05, 0) is 31.4 Å². The summed E-state index contributed by atoms with van der Waals surface area (Å²) in [5.74, 6) is -0.131. The Balaban J connectivity index is 1.90. The molecule has 0 spiro atoms. The molecule has 4 nitrogen and oxygen atoms in total. The van der Waals surface area contributed by atoms with Crippen LogP contribution < -0.4 is 5.32 Å². The molecule has 4 heteroatoms. The van der Waals surface area contributed by atoms with Crippen LogP contribution in [0.3, 0.4) is 0 Å². The smallest absolute Gasteiger partial charge is 0.225 e. The highest BCUT2D eigenvalue weighted by atomic mass is 16.2. The molecule has 0 saturated carbocycles. The molecule has 21 heavy (non-hydrogen) atoms. The first-order valence-corrected chi connectivity index (χ1v) is 7.64. The molecule has 2 rings (SSSR count). The molecule has 0 radical (unpaired) electrons. The molecule has 1 saturated heterocycles. The van der Waals surface area contributed by atoms with Crippen LogP contribution in [-0.2, 0) is 16.1 Å². The Morgan fingerprint density at radius 3 is 2.81 bits per heavy atom. The number of benzene rings is 1. The summed E-state index contributed by atoms with van der Waals surface area (Å²) >= 11 is 0. The van der Waals surface area contributed by atoms with Crippen molar-refractivity contribution in [2.45, 2.75) is 46.2 Å². The minimum atomic E-state index is -0.212. The molecule has 0 aromatic heterocycles. The lowest BCUT2D eigenvalue weighted by Gasteiger charge is -2.23. The van der Waals surface area contributed by atoms with Crippen LogP contribution in [0.15, 0.2) is 24.3 Å². The molecule has 1 aromatic rings. The Morgan fingerprint density at radius 2 is 2.14 bits per heavy atom. The van der Waals surface area contributed by atoms with E-state index >= 15 is 0 Å². The van der Waals surface area contributed by atoms with Crippen molar-refractivity contribution in [2.24, 2.45) is 5.92 Å². The number of amides is 2. The van der Waals surface area contributed by atoms with Crippen LogP contribution in [0.1, 0.15) is 37.8 Å². The zero-order chi connectivity index (χ0) is 15.4. The zero-order valence-electron chi connectivity index (χ0n) is 13.1. The highest BCUT2D eigenvalue weighted by Crippen LogP contribution is 2.21. The van der Waals surface area contributed by atoms with Crippen molar-refractivity contribution in [1.82, 2.24) is 10.2 Å². The van der Waals surface area contributed by atoms with E-state index in [1.165, 1.54) is 5.56 Å². The lowest BCUT2D eigenvalue weighted by molar-refractivity contribution is -0.130. The van der Waals surface area contributed by atoms with E-state index in [0.29, 0.717) is 19.5 Å². The van der Waals surface area contributed by atoms with Gasteiger partial charge in [0.1, 0.15) is 0 Å². The third kappa shape index (κ3) is 3.63. The first-order valence-electron chi connectivity index (χ1n) is 7.64. The molecule has 1 fully saturated rings. The predicted molar refractivity (Wildman–Crippen MR) is 82.6 cm³/mol. The van der Waals surface area contributed by atoms with Crippen molar-refractivity contribution in [3.05, 3.63) is 35.4 Å². The minimum Gasteiger partial charge on any atom is -0.352 e. The normalized spacial score (nSPS) is 19.7. The van der Waals surface area contributed by atoms with Crippen molar-refractivity contribution >= 4 is 11.8 Å². The zero-order valence-corrected chi connectivity index (χ0v) is 13.1. The van der Waals surface area contributed by atoms with Crippen LogP contribution in [0.4, 0.5) is 0 Å². The van der Waals surface area contributed by atoms with E-state index in [2.05, 4.69) is 12.2 Å². The van der Waals surface area contributed by atoms with E-state index in [9.17, 15) is 9.59 Å². The van der Waals surface area contributed by atoms with Gasteiger partial charge in [0, 0.05) is 25.6 Å². The number of carbonyl (C=O) groups excluding carboxylic acids is 2. The van der Waals surface area contributed by atoms with Crippen LogP contribution in [0.25, 0.3) is 0 Å².